The molecule has 0 saturated carbocycles. The Balaban J connectivity index is 2.23. The number of benzene rings is 1. The van der Waals surface area contributed by atoms with E-state index in [1.807, 2.05) is 26.0 Å². The highest BCUT2D eigenvalue weighted by Crippen LogP contribution is 2.20. The van der Waals surface area contributed by atoms with Crippen LogP contribution in [0.25, 0.3) is 0 Å². The topological polar surface area (TPSA) is 68.0 Å². The molecule has 0 spiro atoms. The van der Waals surface area contributed by atoms with Gasteiger partial charge in [0.2, 0.25) is 0 Å². The molecule has 2 aromatic rings. The highest BCUT2D eigenvalue weighted by Gasteiger charge is 2.09. The number of nitrogens with two attached hydrogens (primary N) is 1. The maximum atomic E-state index is 12.2. The molecule has 4 nitrogen and oxygen atoms in total. The Hall–Kier alpha value is -2.07. The number of halogens is 1. The van der Waals surface area contributed by atoms with Gasteiger partial charge in [-0.3, -0.25) is 4.79 Å². The number of aromatic nitrogens is 1. The van der Waals surface area contributed by atoms with Crippen LogP contribution in [0.5, 0.6) is 0 Å². The first-order valence-electron chi connectivity index (χ1n) is 6.33. The van der Waals surface area contributed by atoms with Crippen molar-refractivity contribution in [1.82, 2.24) is 4.98 Å². The molecule has 1 amide bonds. The zero-order valence-electron chi connectivity index (χ0n) is 11.4. The number of amides is 1. The molecule has 5 heteroatoms. The van der Waals surface area contributed by atoms with Crippen molar-refractivity contribution in [2.24, 2.45) is 0 Å². The van der Waals surface area contributed by atoms with Gasteiger partial charge in [-0.05, 0) is 43.2 Å². The van der Waals surface area contributed by atoms with Gasteiger partial charge in [0, 0.05) is 22.0 Å². The minimum Gasteiger partial charge on any atom is -0.384 e. The lowest BCUT2D eigenvalue weighted by atomic mass is 10.1. The second kappa shape index (κ2) is 5.92. The number of rotatable bonds is 3. The fraction of sp³-hybridized carbons (Fsp3) is 0.200. The normalized spacial score (nSPS) is 10.3. The van der Waals surface area contributed by atoms with Crippen LogP contribution in [0.1, 0.15) is 28.5 Å². The number of nitrogens with zero attached hydrogens (tertiary/aromatic N) is 1. The van der Waals surface area contributed by atoms with Gasteiger partial charge in [0.05, 0.1) is 0 Å². The number of hydrogen-bond acceptors (Lipinski definition) is 3. The van der Waals surface area contributed by atoms with Crippen LogP contribution in [-0.2, 0) is 6.42 Å². The number of carbonyl (C=O) groups is 1. The molecule has 0 aliphatic carbocycles. The number of hydrogen-bond donors (Lipinski definition) is 2. The third-order valence-corrected chi connectivity index (χ3v) is 3.36. The minimum atomic E-state index is -0.228. The molecular formula is C15H16ClN3O. The van der Waals surface area contributed by atoms with Crippen LogP contribution in [0.2, 0.25) is 5.02 Å². The zero-order valence-corrected chi connectivity index (χ0v) is 12.2. The largest absolute Gasteiger partial charge is 0.384 e. The first-order chi connectivity index (χ1) is 9.49. The van der Waals surface area contributed by atoms with Gasteiger partial charge in [-0.1, -0.05) is 24.6 Å². The number of nitrogens with one attached hydrogen (secondary N) is 1. The summed E-state index contributed by atoms with van der Waals surface area (Å²) < 4.78 is 0. The third kappa shape index (κ3) is 3.27. The van der Waals surface area contributed by atoms with Crippen molar-refractivity contribution in [1.29, 1.82) is 0 Å². The molecule has 1 aromatic heterocycles. The van der Waals surface area contributed by atoms with E-state index in [0.717, 1.165) is 17.7 Å². The standard InChI is InChI=1S/C15H16ClN3O/c1-3-11-6-10(7-14(17)18-11)15(20)19-12-5-4-9(2)13(16)8-12/h4-8H,3H2,1-2H3,(H2,17,18)(H,19,20). The van der Waals surface area contributed by atoms with Crippen LogP contribution >= 0.6 is 11.6 Å². The van der Waals surface area contributed by atoms with E-state index < -0.39 is 0 Å². The Morgan fingerprint density at radius 1 is 1.35 bits per heavy atom. The van der Waals surface area contributed by atoms with E-state index in [-0.39, 0.29) is 5.91 Å². The number of aryl methyl sites for hydroxylation is 2. The number of anilines is 2. The molecule has 1 heterocycles. The molecule has 1 aromatic carbocycles. The maximum Gasteiger partial charge on any atom is 0.255 e. The predicted molar refractivity (Wildman–Crippen MR) is 82.2 cm³/mol. The lowest BCUT2D eigenvalue weighted by Crippen LogP contribution is -2.13. The lowest BCUT2D eigenvalue weighted by Gasteiger charge is -2.08. The third-order valence-electron chi connectivity index (χ3n) is 2.95. The average Bonchev–Trinajstić information content (AvgIpc) is 2.42. The summed E-state index contributed by atoms with van der Waals surface area (Å²) >= 11 is 6.03. The van der Waals surface area contributed by atoms with Gasteiger partial charge in [0.15, 0.2) is 0 Å². The molecule has 0 aliphatic rings. The van der Waals surface area contributed by atoms with E-state index in [1.165, 1.54) is 0 Å². The lowest BCUT2D eigenvalue weighted by molar-refractivity contribution is 0.102. The Morgan fingerprint density at radius 2 is 2.10 bits per heavy atom. The monoisotopic (exact) mass is 289 g/mol. The van der Waals surface area contributed by atoms with Gasteiger partial charge in [-0.2, -0.15) is 0 Å². The summed E-state index contributed by atoms with van der Waals surface area (Å²) in [5, 5.41) is 3.42. The van der Waals surface area contributed by atoms with E-state index in [0.29, 0.717) is 22.1 Å². The van der Waals surface area contributed by atoms with E-state index in [1.54, 1.807) is 18.2 Å². The summed E-state index contributed by atoms with van der Waals surface area (Å²) in [6.45, 7) is 3.87. The Kier molecular flexibility index (Phi) is 4.25. The van der Waals surface area contributed by atoms with Crippen LogP contribution in [0, 0.1) is 6.92 Å². The molecule has 0 saturated heterocycles. The van der Waals surface area contributed by atoms with E-state index >= 15 is 0 Å². The van der Waals surface area contributed by atoms with Crippen LogP contribution in [0.4, 0.5) is 11.5 Å². The molecule has 0 unspecified atom stereocenters. The van der Waals surface area contributed by atoms with Crippen molar-refractivity contribution in [2.45, 2.75) is 20.3 Å². The van der Waals surface area contributed by atoms with E-state index in [2.05, 4.69) is 10.3 Å². The maximum absolute atomic E-state index is 12.2. The molecule has 2 rings (SSSR count). The van der Waals surface area contributed by atoms with E-state index in [9.17, 15) is 4.79 Å². The highest BCUT2D eigenvalue weighted by molar-refractivity contribution is 6.31. The molecule has 0 aliphatic heterocycles. The number of pyridine rings is 1. The first-order valence-corrected chi connectivity index (χ1v) is 6.71. The van der Waals surface area contributed by atoms with Gasteiger partial charge in [-0.25, -0.2) is 4.98 Å². The fourth-order valence-corrected chi connectivity index (χ4v) is 1.98. The molecule has 0 bridgehead atoms. The quantitative estimate of drug-likeness (QED) is 0.909. The zero-order chi connectivity index (χ0) is 14.7. The highest BCUT2D eigenvalue weighted by atomic mass is 35.5. The SMILES string of the molecule is CCc1cc(C(=O)Nc2ccc(C)c(Cl)c2)cc(N)n1. The summed E-state index contributed by atoms with van der Waals surface area (Å²) in [4.78, 5) is 16.3. The van der Waals surface area contributed by atoms with Crippen LogP contribution < -0.4 is 11.1 Å². The van der Waals surface area contributed by atoms with Crippen molar-refractivity contribution in [3.05, 3.63) is 52.2 Å². The molecule has 20 heavy (non-hydrogen) atoms. The molecular weight excluding hydrogens is 274 g/mol. The number of carbonyl (C=O) groups excluding carboxylic acids is 1. The minimum absolute atomic E-state index is 0.228. The van der Waals surface area contributed by atoms with Crippen molar-refractivity contribution in [2.75, 3.05) is 11.1 Å². The van der Waals surface area contributed by atoms with Gasteiger partial charge >= 0.3 is 0 Å². The molecule has 0 radical (unpaired) electrons. The Labute approximate surface area is 123 Å². The molecule has 0 fully saturated rings. The second-order valence-electron chi connectivity index (χ2n) is 4.54. The Bertz CT molecular complexity index is 656. The summed E-state index contributed by atoms with van der Waals surface area (Å²) in [7, 11) is 0. The summed E-state index contributed by atoms with van der Waals surface area (Å²) in [6, 6.07) is 8.69. The summed E-state index contributed by atoms with van der Waals surface area (Å²) in [5.74, 6) is 0.116. The van der Waals surface area contributed by atoms with Gasteiger partial charge in [0.25, 0.3) is 5.91 Å². The average molecular weight is 290 g/mol. The van der Waals surface area contributed by atoms with Crippen LogP contribution in [0.3, 0.4) is 0 Å². The van der Waals surface area contributed by atoms with E-state index in [4.69, 9.17) is 17.3 Å². The molecule has 3 N–H and O–H groups in total. The van der Waals surface area contributed by atoms with Crippen LogP contribution in [-0.4, -0.2) is 10.9 Å². The van der Waals surface area contributed by atoms with Crippen molar-refractivity contribution in [3.8, 4) is 0 Å². The molecule has 0 atom stereocenters. The van der Waals surface area contributed by atoms with Crippen molar-refractivity contribution < 1.29 is 4.79 Å². The smallest absolute Gasteiger partial charge is 0.255 e. The van der Waals surface area contributed by atoms with Gasteiger partial charge in [-0.15, -0.1) is 0 Å². The number of nitrogen functional groups attached to an aromatic ring is 1. The second-order valence-corrected chi connectivity index (χ2v) is 4.95. The first kappa shape index (κ1) is 14.3. The van der Waals surface area contributed by atoms with Crippen molar-refractivity contribution in [3.63, 3.8) is 0 Å². The predicted octanol–water partition coefficient (Wildman–Crippen LogP) is 3.44. The van der Waals surface area contributed by atoms with Gasteiger partial charge in [0.1, 0.15) is 5.82 Å². The fourth-order valence-electron chi connectivity index (χ4n) is 1.80. The van der Waals surface area contributed by atoms with Gasteiger partial charge < -0.3 is 11.1 Å². The summed E-state index contributed by atoms with van der Waals surface area (Å²) in [5.41, 5.74) is 8.59. The summed E-state index contributed by atoms with van der Waals surface area (Å²) in [6.07, 6.45) is 0.724. The Morgan fingerprint density at radius 3 is 2.75 bits per heavy atom. The van der Waals surface area contributed by atoms with Crippen molar-refractivity contribution >= 4 is 29.0 Å². The van der Waals surface area contributed by atoms with Crippen LogP contribution in [0.15, 0.2) is 30.3 Å². The molecule has 104 valence electrons.